The van der Waals surface area contributed by atoms with E-state index in [-0.39, 0.29) is 57.5 Å². The van der Waals surface area contributed by atoms with Crippen LogP contribution in [-0.4, -0.2) is 44.7 Å². The van der Waals surface area contributed by atoms with Crippen LogP contribution in [0.2, 0.25) is 0 Å². The van der Waals surface area contributed by atoms with Gasteiger partial charge < -0.3 is 20.4 Å². The van der Waals surface area contributed by atoms with Crippen molar-refractivity contribution in [3.8, 4) is 0 Å². The molecule has 22 heavy (non-hydrogen) atoms. The van der Waals surface area contributed by atoms with E-state index in [9.17, 15) is 9.59 Å². The Morgan fingerprint density at radius 2 is 1.05 bits per heavy atom. The smallest absolute Gasteiger partial charge is 0.155 e. The molecule has 0 aliphatic heterocycles. The second-order valence-electron chi connectivity index (χ2n) is 4.20. The Hall–Kier alpha value is -0.946. The van der Waals surface area contributed by atoms with Crippen LogP contribution in [0.15, 0.2) is 23.7 Å². The fraction of sp³-hybridized carbons (Fsp3) is 0.600. The van der Waals surface area contributed by atoms with Crippen molar-refractivity contribution in [2.45, 2.75) is 54.6 Å². The molecule has 0 saturated heterocycles. The zero-order chi connectivity index (χ0) is 18.0. The second-order valence-corrected chi connectivity index (χ2v) is 4.20. The first-order valence-electron chi connectivity index (χ1n) is 6.45. The average molecular weight is 354 g/mol. The predicted octanol–water partition coefficient (Wildman–Crippen LogP) is 2.46. The number of allylic oxidation sites excluding steroid dienone is 4. The van der Waals surface area contributed by atoms with Crippen molar-refractivity contribution < 1.29 is 51.7 Å². The molecule has 7 heteroatoms. The molecule has 0 amide bonds. The van der Waals surface area contributed by atoms with E-state index in [0.29, 0.717) is 0 Å². The number of carbonyl (C=O) groups excluding carboxylic acids is 2. The molecule has 0 saturated carbocycles. The number of hydrogen-bond acceptors (Lipinski definition) is 6. The number of carbonyl (C=O) groups is 2. The van der Waals surface area contributed by atoms with Crippen LogP contribution in [0, 0.1) is 0 Å². The third kappa shape index (κ3) is 125. The summed E-state index contributed by atoms with van der Waals surface area (Å²) in [5.41, 5.74) is 0. The molecule has 0 aromatic carbocycles. The minimum atomic E-state index is -0.167. The molecule has 0 unspecified atom stereocenters. The van der Waals surface area contributed by atoms with Gasteiger partial charge in [0.15, 0.2) is 11.6 Å². The van der Waals surface area contributed by atoms with Crippen molar-refractivity contribution in [2.75, 3.05) is 6.61 Å². The van der Waals surface area contributed by atoms with Crippen LogP contribution < -0.4 is 0 Å². The Balaban J connectivity index is -0.0000000607. The zero-order valence-electron chi connectivity index (χ0n) is 14.5. The molecule has 6 nitrogen and oxygen atoms in total. The van der Waals surface area contributed by atoms with Crippen LogP contribution in [0.1, 0.15) is 48.5 Å². The molecule has 0 radical (unpaired) electrons. The van der Waals surface area contributed by atoms with Crippen molar-refractivity contribution in [3.63, 3.8) is 0 Å². The predicted molar refractivity (Wildman–Crippen MR) is 84.2 cm³/mol. The Morgan fingerprint density at radius 3 is 1.05 bits per heavy atom. The molecular weight excluding hydrogens is 324 g/mol. The van der Waals surface area contributed by atoms with Gasteiger partial charge in [-0.05, 0) is 48.5 Å². The van der Waals surface area contributed by atoms with Crippen molar-refractivity contribution in [3.05, 3.63) is 23.7 Å². The maximum Gasteiger partial charge on any atom is 0.155 e. The molecule has 130 valence electrons. The molecule has 0 aromatic rings. The van der Waals surface area contributed by atoms with Gasteiger partial charge in [-0.15, -0.1) is 0 Å². The van der Waals surface area contributed by atoms with Crippen LogP contribution in [0.4, 0.5) is 0 Å². The molecule has 0 atom stereocenters. The fourth-order valence-corrected chi connectivity index (χ4v) is 0.588. The standard InChI is InChI=1S/2C5H8O2.C3H8O.C2H6O.Ti/c2*1-4(6)3-5(2)7;1-3(2)4;1-2-3;/h2*3,6H,1-2H3;3-4H,1-2H3;3H,2H2,1H3;/b2*4-3+;;;. The van der Waals surface area contributed by atoms with Crippen molar-refractivity contribution >= 4 is 11.6 Å². The van der Waals surface area contributed by atoms with Crippen LogP contribution in [0.25, 0.3) is 0 Å². The first-order valence-corrected chi connectivity index (χ1v) is 6.45. The van der Waals surface area contributed by atoms with Gasteiger partial charge in [0.25, 0.3) is 0 Å². The molecule has 0 fully saturated rings. The van der Waals surface area contributed by atoms with Crippen LogP contribution >= 0.6 is 0 Å². The Morgan fingerprint density at radius 1 is 0.909 bits per heavy atom. The number of aliphatic hydroxyl groups excluding tert-OH is 4. The molecule has 0 aliphatic rings. The third-order valence-corrected chi connectivity index (χ3v) is 0.824. The van der Waals surface area contributed by atoms with Gasteiger partial charge in [0, 0.05) is 46.6 Å². The summed E-state index contributed by atoms with van der Waals surface area (Å²) in [7, 11) is 0. The van der Waals surface area contributed by atoms with E-state index in [1.165, 1.54) is 39.8 Å². The zero-order valence-corrected chi connectivity index (χ0v) is 16.1. The first kappa shape index (κ1) is 32.9. The Labute approximate surface area is 148 Å². The van der Waals surface area contributed by atoms with E-state index in [0.717, 1.165) is 0 Å². The molecule has 0 aliphatic carbocycles. The second kappa shape index (κ2) is 25.0. The van der Waals surface area contributed by atoms with Gasteiger partial charge in [-0.3, -0.25) is 9.59 Å². The van der Waals surface area contributed by atoms with Gasteiger partial charge >= 0.3 is 0 Å². The summed E-state index contributed by atoms with van der Waals surface area (Å²) < 4.78 is 0. The largest absolute Gasteiger partial charge is 0.512 e. The van der Waals surface area contributed by atoms with E-state index < -0.39 is 0 Å². The number of ketones is 2. The van der Waals surface area contributed by atoms with Crippen LogP contribution in [0.3, 0.4) is 0 Å². The SMILES string of the molecule is CC(=O)/C=C(\C)O.CC(=O)/C=C(\C)O.CC(C)O.CCO.[Ti]. The quantitative estimate of drug-likeness (QED) is 0.344. The van der Waals surface area contributed by atoms with Gasteiger partial charge in [0.05, 0.1) is 11.5 Å². The van der Waals surface area contributed by atoms with Crippen molar-refractivity contribution in [1.29, 1.82) is 0 Å². The Kier molecular flexibility index (Phi) is 37.4. The maximum absolute atomic E-state index is 10.0. The molecule has 0 bridgehead atoms. The van der Waals surface area contributed by atoms with Gasteiger partial charge in [0.1, 0.15) is 0 Å². The van der Waals surface area contributed by atoms with E-state index in [2.05, 4.69) is 0 Å². The van der Waals surface area contributed by atoms with E-state index in [1.807, 2.05) is 0 Å². The van der Waals surface area contributed by atoms with Crippen LogP contribution in [0.5, 0.6) is 0 Å². The molecule has 0 spiro atoms. The summed E-state index contributed by atoms with van der Waals surface area (Å²) >= 11 is 0. The minimum absolute atomic E-state index is 0. The summed E-state index contributed by atoms with van der Waals surface area (Å²) in [4.78, 5) is 20.0. The summed E-state index contributed by atoms with van der Waals surface area (Å²) in [6.07, 6.45) is 2.17. The van der Waals surface area contributed by atoms with Crippen molar-refractivity contribution in [2.24, 2.45) is 0 Å². The van der Waals surface area contributed by atoms with Gasteiger partial charge in [0.2, 0.25) is 0 Å². The molecular formula is C15H30O6Ti. The maximum atomic E-state index is 10.0. The number of rotatable bonds is 2. The first-order chi connectivity index (χ1) is 9.40. The number of hydrogen-bond donors (Lipinski definition) is 4. The minimum Gasteiger partial charge on any atom is -0.512 e. The van der Waals surface area contributed by atoms with Crippen molar-refractivity contribution in [1.82, 2.24) is 0 Å². The molecule has 0 rings (SSSR count). The van der Waals surface area contributed by atoms with Gasteiger partial charge in [-0.2, -0.15) is 0 Å². The monoisotopic (exact) mass is 354 g/mol. The van der Waals surface area contributed by atoms with Crippen LogP contribution in [-0.2, 0) is 31.3 Å². The molecule has 0 aromatic heterocycles. The topological polar surface area (TPSA) is 115 Å². The Bertz CT molecular complexity index is 283. The number of aliphatic hydroxyl groups is 4. The summed E-state index contributed by atoms with van der Waals surface area (Å²) in [6, 6.07) is 0. The summed E-state index contributed by atoms with van der Waals surface area (Å²) in [5, 5.41) is 32.4. The van der Waals surface area contributed by atoms with Gasteiger partial charge in [-0.1, -0.05) is 0 Å². The van der Waals surface area contributed by atoms with E-state index in [4.69, 9.17) is 20.4 Å². The molecule has 4 N–H and O–H groups in total. The summed E-state index contributed by atoms with van der Waals surface area (Å²) in [6.45, 7) is 11.1. The summed E-state index contributed by atoms with van der Waals surface area (Å²) in [5.74, 6) is -0.125. The normalized spacial score (nSPS) is 9.73. The third-order valence-electron chi connectivity index (χ3n) is 0.824. The van der Waals surface area contributed by atoms with Gasteiger partial charge in [-0.25, -0.2) is 0 Å². The van der Waals surface area contributed by atoms with E-state index >= 15 is 0 Å². The fourth-order valence-electron chi connectivity index (χ4n) is 0.588. The molecule has 0 heterocycles. The average Bonchev–Trinajstić information content (AvgIpc) is 2.12. The van der Waals surface area contributed by atoms with E-state index in [1.54, 1.807) is 20.8 Å².